The van der Waals surface area contributed by atoms with Gasteiger partial charge >= 0.3 is 0 Å². The first kappa shape index (κ1) is 20.1. The van der Waals surface area contributed by atoms with Gasteiger partial charge in [-0.3, -0.25) is 0 Å². The van der Waals surface area contributed by atoms with Crippen LogP contribution >= 0.6 is 0 Å². The Labute approximate surface area is 155 Å². The van der Waals surface area contributed by atoms with Gasteiger partial charge < -0.3 is 25.1 Å². The standard InChI is InChI=1S/C21H27NO4/c1-24-19-11-9-18(10-12-19)14-25-13-5-8-21(23)20(22)16-26-15-17-6-3-2-4-7-17/h2-12,20-21,23H,13-16,22H2,1H3/b8-5+/t20-,21-/m1/s1. The lowest BCUT2D eigenvalue weighted by molar-refractivity contribution is 0.0709. The van der Waals surface area contributed by atoms with E-state index in [9.17, 15) is 5.11 Å². The van der Waals surface area contributed by atoms with Gasteiger partial charge in [0.15, 0.2) is 0 Å². The molecule has 5 nitrogen and oxygen atoms in total. The van der Waals surface area contributed by atoms with Crippen molar-refractivity contribution in [1.82, 2.24) is 0 Å². The second-order valence-corrected chi connectivity index (χ2v) is 5.95. The fourth-order valence-corrected chi connectivity index (χ4v) is 2.29. The summed E-state index contributed by atoms with van der Waals surface area (Å²) in [5, 5.41) is 10.0. The van der Waals surface area contributed by atoms with Crippen LogP contribution in [0, 0.1) is 0 Å². The van der Waals surface area contributed by atoms with Gasteiger partial charge in [0, 0.05) is 0 Å². The molecule has 2 rings (SSSR count). The molecule has 0 spiro atoms. The van der Waals surface area contributed by atoms with Crippen molar-refractivity contribution in [2.24, 2.45) is 5.73 Å². The van der Waals surface area contributed by atoms with Gasteiger partial charge in [-0.2, -0.15) is 0 Å². The zero-order valence-electron chi connectivity index (χ0n) is 15.1. The lowest BCUT2D eigenvalue weighted by Gasteiger charge is -2.16. The lowest BCUT2D eigenvalue weighted by atomic mass is 10.1. The van der Waals surface area contributed by atoms with Crippen LogP contribution in [-0.4, -0.2) is 37.6 Å². The SMILES string of the molecule is COc1ccc(COC/C=C/[C@@H](O)[C@H](N)COCc2ccccc2)cc1. The summed E-state index contributed by atoms with van der Waals surface area (Å²) in [5.74, 6) is 0.820. The Bertz CT molecular complexity index is 643. The van der Waals surface area contributed by atoms with Crippen molar-refractivity contribution >= 4 is 0 Å². The van der Waals surface area contributed by atoms with Gasteiger partial charge in [0.25, 0.3) is 0 Å². The Kier molecular flexibility index (Phi) is 8.86. The van der Waals surface area contributed by atoms with Gasteiger partial charge in [-0.25, -0.2) is 0 Å². The maximum atomic E-state index is 10.0. The van der Waals surface area contributed by atoms with Crippen LogP contribution in [0.4, 0.5) is 0 Å². The molecule has 0 aliphatic heterocycles. The van der Waals surface area contributed by atoms with Gasteiger partial charge in [0.2, 0.25) is 0 Å². The lowest BCUT2D eigenvalue weighted by Crippen LogP contribution is -2.37. The first-order valence-electron chi connectivity index (χ1n) is 8.61. The minimum Gasteiger partial charge on any atom is -0.497 e. The molecular formula is C21H27NO4. The van der Waals surface area contributed by atoms with Crippen molar-refractivity contribution in [2.45, 2.75) is 25.4 Å². The molecule has 0 bridgehead atoms. The molecule has 0 fully saturated rings. The Morgan fingerprint density at radius 1 is 0.962 bits per heavy atom. The third-order valence-electron chi connectivity index (χ3n) is 3.84. The minimum absolute atomic E-state index is 0.285. The Balaban J connectivity index is 1.60. The molecule has 0 aliphatic rings. The highest BCUT2D eigenvalue weighted by Gasteiger charge is 2.11. The number of nitrogens with two attached hydrogens (primary N) is 1. The summed E-state index contributed by atoms with van der Waals surface area (Å²) in [6, 6.07) is 17.1. The average molecular weight is 357 g/mol. The molecule has 0 amide bonds. The number of hydrogen-bond acceptors (Lipinski definition) is 5. The van der Waals surface area contributed by atoms with E-state index in [4.69, 9.17) is 19.9 Å². The van der Waals surface area contributed by atoms with Crippen LogP contribution in [0.5, 0.6) is 5.75 Å². The van der Waals surface area contributed by atoms with Crippen LogP contribution in [0.1, 0.15) is 11.1 Å². The van der Waals surface area contributed by atoms with E-state index in [0.717, 1.165) is 16.9 Å². The molecule has 0 aliphatic carbocycles. The summed E-state index contributed by atoms with van der Waals surface area (Å²) in [6.45, 7) is 1.67. The molecule has 2 aromatic carbocycles. The molecular weight excluding hydrogens is 330 g/mol. The first-order chi connectivity index (χ1) is 12.7. The van der Waals surface area contributed by atoms with Gasteiger partial charge in [-0.15, -0.1) is 0 Å². The number of aliphatic hydroxyl groups is 1. The van der Waals surface area contributed by atoms with Crippen LogP contribution in [0.3, 0.4) is 0 Å². The molecule has 5 heteroatoms. The van der Waals surface area contributed by atoms with E-state index in [2.05, 4.69) is 0 Å². The zero-order chi connectivity index (χ0) is 18.6. The van der Waals surface area contributed by atoms with Crippen LogP contribution in [-0.2, 0) is 22.7 Å². The highest BCUT2D eigenvalue weighted by molar-refractivity contribution is 5.26. The number of hydrogen-bond donors (Lipinski definition) is 2. The molecule has 0 aromatic heterocycles. The van der Waals surface area contributed by atoms with E-state index in [-0.39, 0.29) is 6.61 Å². The number of methoxy groups -OCH3 is 1. The van der Waals surface area contributed by atoms with Crippen molar-refractivity contribution in [3.8, 4) is 5.75 Å². The summed E-state index contributed by atoms with van der Waals surface area (Å²) in [5.41, 5.74) is 8.08. The third-order valence-corrected chi connectivity index (χ3v) is 3.84. The van der Waals surface area contributed by atoms with Gasteiger partial charge in [-0.05, 0) is 23.3 Å². The number of rotatable bonds is 11. The second-order valence-electron chi connectivity index (χ2n) is 5.95. The number of benzene rings is 2. The molecule has 0 saturated carbocycles. The van der Waals surface area contributed by atoms with Crippen LogP contribution in [0.2, 0.25) is 0 Å². The fraction of sp³-hybridized carbons (Fsp3) is 0.333. The quantitative estimate of drug-likeness (QED) is 0.478. The monoisotopic (exact) mass is 357 g/mol. The first-order valence-corrected chi connectivity index (χ1v) is 8.61. The van der Waals surface area contributed by atoms with Crippen molar-refractivity contribution in [2.75, 3.05) is 20.3 Å². The summed E-state index contributed by atoms with van der Waals surface area (Å²) in [7, 11) is 1.64. The van der Waals surface area contributed by atoms with Crippen LogP contribution in [0.25, 0.3) is 0 Å². The van der Waals surface area contributed by atoms with Crippen molar-refractivity contribution in [1.29, 1.82) is 0 Å². The second kappa shape index (κ2) is 11.4. The van der Waals surface area contributed by atoms with Crippen LogP contribution in [0.15, 0.2) is 66.7 Å². The molecule has 2 aromatic rings. The molecule has 0 saturated heterocycles. The molecule has 2 atom stereocenters. The number of aliphatic hydroxyl groups excluding tert-OH is 1. The van der Waals surface area contributed by atoms with Crippen molar-refractivity contribution in [3.05, 3.63) is 77.9 Å². The predicted octanol–water partition coefficient (Wildman–Crippen LogP) is 2.67. The highest BCUT2D eigenvalue weighted by Crippen LogP contribution is 2.11. The van der Waals surface area contributed by atoms with E-state index in [0.29, 0.717) is 19.8 Å². The summed E-state index contributed by atoms with van der Waals surface area (Å²) < 4.78 is 16.2. The number of ether oxygens (including phenoxy) is 3. The predicted molar refractivity (Wildman–Crippen MR) is 102 cm³/mol. The summed E-state index contributed by atoms with van der Waals surface area (Å²) in [4.78, 5) is 0. The van der Waals surface area contributed by atoms with E-state index < -0.39 is 12.1 Å². The topological polar surface area (TPSA) is 73.9 Å². The van der Waals surface area contributed by atoms with Gasteiger partial charge in [0.1, 0.15) is 5.75 Å². The average Bonchev–Trinajstić information content (AvgIpc) is 2.68. The summed E-state index contributed by atoms with van der Waals surface area (Å²) in [6.07, 6.45) is 2.64. The van der Waals surface area contributed by atoms with E-state index in [1.807, 2.05) is 54.6 Å². The Morgan fingerprint density at radius 2 is 1.62 bits per heavy atom. The normalized spacial score (nSPS) is 13.7. The molecule has 26 heavy (non-hydrogen) atoms. The van der Waals surface area contributed by atoms with Gasteiger partial charge in [-0.1, -0.05) is 54.6 Å². The maximum Gasteiger partial charge on any atom is 0.118 e. The van der Waals surface area contributed by atoms with Crippen LogP contribution < -0.4 is 10.5 Å². The molecule has 0 heterocycles. The molecule has 140 valence electrons. The summed E-state index contributed by atoms with van der Waals surface area (Å²) >= 11 is 0. The van der Waals surface area contributed by atoms with Gasteiger partial charge in [0.05, 0.1) is 45.7 Å². The van der Waals surface area contributed by atoms with E-state index in [1.54, 1.807) is 19.3 Å². The molecule has 3 N–H and O–H groups in total. The molecule has 0 radical (unpaired) electrons. The third kappa shape index (κ3) is 7.37. The fourth-order valence-electron chi connectivity index (χ4n) is 2.29. The van der Waals surface area contributed by atoms with E-state index in [1.165, 1.54) is 0 Å². The van der Waals surface area contributed by atoms with Crippen molar-refractivity contribution < 1.29 is 19.3 Å². The maximum absolute atomic E-state index is 10.0. The Morgan fingerprint density at radius 3 is 2.31 bits per heavy atom. The smallest absolute Gasteiger partial charge is 0.118 e. The highest BCUT2D eigenvalue weighted by atomic mass is 16.5. The van der Waals surface area contributed by atoms with Crippen molar-refractivity contribution in [3.63, 3.8) is 0 Å². The van der Waals surface area contributed by atoms with E-state index >= 15 is 0 Å². The molecule has 0 unspecified atom stereocenters. The minimum atomic E-state index is -0.768. The Hall–Kier alpha value is -2.18. The largest absolute Gasteiger partial charge is 0.497 e. The zero-order valence-corrected chi connectivity index (χ0v) is 15.1.